The van der Waals surface area contributed by atoms with Crippen LogP contribution in [0, 0.1) is 8.99 Å². The number of pyridine rings is 1. The lowest BCUT2D eigenvalue weighted by Gasteiger charge is -2.35. The fourth-order valence-electron chi connectivity index (χ4n) is 5.80. The molecule has 1 spiro atoms. The van der Waals surface area contributed by atoms with E-state index in [0.29, 0.717) is 27.6 Å². The zero-order valence-electron chi connectivity index (χ0n) is 21.4. The number of amides is 1. The molecule has 3 heterocycles. The molecule has 2 aromatic carbocycles. The van der Waals surface area contributed by atoms with Gasteiger partial charge in [-0.1, -0.05) is 12.1 Å². The Bertz CT molecular complexity index is 1460. The number of carbonyl (C=O) groups excluding carboxylic acids is 1. The van der Waals surface area contributed by atoms with E-state index >= 15 is 0 Å². The van der Waals surface area contributed by atoms with Crippen molar-refractivity contribution in [3.8, 4) is 0 Å². The summed E-state index contributed by atoms with van der Waals surface area (Å²) in [5, 5.41) is 13.3. The standard InChI is InChI=1S/C29H29F2IN4O3/c30-29(31)10-14-35(15-11-29)22-3-1-2-18-16-21(27(38)39)25(33-24(18)22)34-26(37)20-5-4-19(32)17-23(20)36-12-8-28(6-7-28)9-13-36/h1-5,16-17H,6-15H2,(H,38,39)(H,33,34,37). The molecule has 1 aromatic heterocycles. The highest BCUT2D eigenvalue weighted by Gasteiger charge is 2.44. The van der Waals surface area contributed by atoms with Gasteiger partial charge in [0.05, 0.1) is 22.5 Å². The van der Waals surface area contributed by atoms with Crippen molar-refractivity contribution in [2.45, 2.75) is 44.4 Å². The predicted octanol–water partition coefficient (Wildman–Crippen LogP) is 6.41. The number of rotatable bonds is 5. The zero-order chi connectivity index (χ0) is 27.4. The van der Waals surface area contributed by atoms with Crippen LogP contribution in [0.3, 0.4) is 0 Å². The smallest absolute Gasteiger partial charge is 0.339 e. The predicted molar refractivity (Wildman–Crippen MR) is 155 cm³/mol. The number of aromatic carboxylic acids is 1. The molecule has 7 nitrogen and oxygen atoms in total. The van der Waals surface area contributed by atoms with Crippen molar-refractivity contribution in [3.63, 3.8) is 0 Å². The largest absolute Gasteiger partial charge is 0.478 e. The molecule has 6 rings (SSSR count). The van der Waals surface area contributed by atoms with Gasteiger partial charge in [0.1, 0.15) is 11.4 Å². The highest BCUT2D eigenvalue weighted by molar-refractivity contribution is 14.1. The molecule has 1 saturated carbocycles. The summed E-state index contributed by atoms with van der Waals surface area (Å²) in [6, 6.07) is 12.4. The highest BCUT2D eigenvalue weighted by Crippen LogP contribution is 2.54. The second kappa shape index (κ2) is 9.87. The molecule has 10 heteroatoms. The molecule has 1 aliphatic carbocycles. The van der Waals surface area contributed by atoms with Gasteiger partial charge >= 0.3 is 5.97 Å². The summed E-state index contributed by atoms with van der Waals surface area (Å²) in [6.45, 7) is 2.10. The third kappa shape index (κ3) is 5.27. The second-order valence-corrected chi connectivity index (χ2v) is 12.2. The van der Waals surface area contributed by atoms with E-state index in [4.69, 9.17) is 0 Å². The van der Waals surface area contributed by atoms with Crippen LogP contribution < -0.4 is 15.1 Å². The highest BCUT2D eigenvalue weighted by atomic mass is 127. The maximum absolute atomic E-state index is 13.8. The molecule has 0 radical (unpaired) electrons. The second-order valence-electron chi connectivity index (χ2n) is 11.0. The number of hydrogen-bond donors (Lipinski definition) is 2. The molecule has 39 heavy (non-hydrogen) atoms. The lowest BCUT2D eigenvalue weighted by atomic mass is 9.93. The number of benzene rings is 2. The van der Waals surface area contributed by atoms with Crippen molar-refractivity contribution >= 4 is 62.6 Å². The van der Waals surface area contributed by atoms with Crippen molar-refractivity contribution in [2.75, 3.05) is 41.3 Å². The molecular formula is C29H29F2IN4O3. The summed E-state index contributed by atoms with van der Waals surface area (Å²) in [5.41, 5.74) is 2.78. The quantitative estimate of drug-likeness (QED) is 0.312. The number of nitrogens with zero attached hydrogens (tertiary/aromatic N) is 3. The number of para-hydroxylation sites is 1. The summed E-state index contributed by atoms with van der Waals surface area (Å²) < 4.78 is 28.6. The number of carboxylic acid groups (broad SMARTS) is 1. The van der Waals surface area contributed by atoms with Crippen LogP contribution in [0.4, 0.5) is 26.0 Å². The first-order valence-corrected chi connectivity index (χ1v) is 14.4. The van der Waals surface area contributed by atoms with Gasteiger partial charge in [-0.05, 0) is 84.0 Å². The van der Waals surface area contributed by atoms with Crippen LogP contribution in [-0.4, -0.2) is 54.1 Å². The molecule has 0 atom stereocenters. The Kier molecular flexibility index (Phi) is 6.63. The van der Waals surface area contributed by atoms with Crippen LogP contribution in [0.1, 0.15) is 59.2 Å². The van der Waals surface area contributed by atoms with Crippen LogP contribution in [0.15, 0.2) is 42.5 Å². The average molecular weight is 646 g/mol. The van der Waals surface area contributed by atoms with E-state index in [-0.39, 0.29) is 37.3 Å². The van der Waals surface area contributed by atoms with Crippen molar-refractivity contribution < 1.29 is 23.5 Å². The normalized spacial score (nSPS) is 19.8. The molecule has 2 saturated heterocycles. The first-order chi connectivity index (χ1) is 18.6. The Morgan fingerprint density at radius 3 is 2.21 bits per heavy atom. The van der Waals surface area contributed by atoms with Gasteiger partial charge in [-0.25, -0.2) is 18.6 Å². The first kappa shape index (κ1) is 26.2. The van der Waals surface area contributed by atoms with Crippen LogP contribution in [0.2, 0.25) is 0 Å². The van der Waals surface area contributed by atoms with Gasteiger partial charge in [-0.2, -0.15) is 0 Å². The monoisotopic (exact) mass is 646 g/mol. The number of fused-ring (bicyclic) bond motifs is 1. The van der Waals surface area contributed by atoms with E-state index in [1.807, 2.05) is 17.0 Å². The van der Waals surface area contributed by atoms with Crippen LogP contribution in [0.5, 0.6) is 0 Å². The summed E-state index contributed by atoms with van der Waals surface area (Å²) in [5.74, 6) is -4.40. The van der Waals surface area contributed by atoms with Crippen molar-refractivity contribution in [1.29, 1.82) is 0 Å². The van der Waals surface area contributed by atoms with E-state index in [2.05, 4.69) is 37.8 Å². The molecule has 0 bridgehead atoms. The molecular weight excluding hydrogens is 617 g/mol. The molecule has 2 aliphatic heterocycles. The van der Waals surface area contributed by atoms with Gasteiger partial charge in [0, 0.05) is 48.0 Å². The van der Waals surface area contributed by atoms with Crippen LogP contribution in [-0.2, 0) is 0 Å². The molecule has 204 valence electrons. The van der Waals surface area contributed by atoms with E-state index in [0.717, 1.165) is 35.2 Å². The van der Waals surface area contributed by atoms with Gasteiger partial charge < -0.3 is 20.2 Å². The summed E-state index contributed by atoms with van der Waals surface area (Å²) in [6.07, 6.45) is 4.28. The van der Waals surface area contributed by atoms with Crippen molar-refractivity contribution in [1.82, 2.24) is 4.98 Å². The molecule has 1 amide bonds. The molecule has 0 unspecified atom stereocenters. The van der Waals surface area contributed by atoms with Crippen molar-refractivity contribution in [2.24, 2.45) is 5.41 Å². The lowest BCUT2D eigenvalue weighted by molar-refractivity contribution is -0.0220. The van der Waals surface area contributed by atoms with E-state index in [9.17, 15) is 23.5 Å². The lowest BCUT2D eigenvalue weighted by Crippen LogP contribution is -2.39. The zero-order valence-corrected chi connectivity index (χ0v) is 23.5. The minimum atomic E-state index is -2.69. The Morgan fingerprint density at radius 1 is 0.872 bits per heavy atom. The summed E-state index contributed by atoms with van der Waals surface area (Å²) >= 11 is 2.23. The minimum absolute atomic E-state index is 0.0603. The van der Waals surface area contributed by atoms with Gasteiger partial charge in [-0.3, -0.25) is 4.79 Å². The van der Waals surface area contributed by atoms with Gasteiger partial charge in [0.2, 0.25) is 0 Å². The Hall–Kier alpha value is -3.02. The summed E-state index contributed by atoms with van der Waals surface area (Å²) in [7, 11) is 0. The minimum Gasteiger partial charge on any atom is -0.478 e. The van der Waals surface area contributed by atoms with E-state index in [1.165, 1.54) is 18.9 Å². The number of aromatic nitrogens is 1. The van der Waals surface area contributed by atoms with Gasteiger partial charge in [0.25, 0.3) is 11.8 Å². The number of alkyl halides is 2. The summed E-state index contributed by atoms with van der Waals surface area (Å²) in [4.78, 5) is 34.5. The number of piperidine rings is 2. The van der Waals surface area contributed by atoms with Crippen LogP contribution >= 0.6 is 22.6 Å². The third-order valence-electron chi connectivity index (χ3n) is 8.45. The SMILES string of the molecule is O=C(Nc1nc2c(N3CCC(F)(F)CC3)cccc2cc1C(=O)O)c1ccc(I)cc1N1CCC2(CC1)CC2. The number of halogens is 3. The number of anilines is 3. The maximum Gasteiger partial charge on any atom is 0.339 e. The first-order valence-electron chi connectivity index (χ1n) is 13.3. The van der Waals surface area contributed by atoms with Gasteiger partial charge in [0.15, 0.2) is 0 Å². The fourth-order valence-corrected chi connectivity index (χ4v) is 6.28. The Morgan fingerprint density at radius 2 is 1.54 bits per heavy atom. The Labute approximate surface area is 238 Å². The molecule has 3 aromatic rings. The van der Waals surface area contributed by atoms with Crippen molar-refractivity contribution in [3.05, 3.63) is 57.2 Å². The molecule has 3 aliphatic rings. The van der Waals surface area contributed by atoms with Gasteiger partial charge in [-0.15, -0.1) is 0 Å². The Balaban J connectivity index is 1.33. The third-order valence-corrected chi connectivity index (χ3v) is 9.12. The van der Waals surface area contributed by atoms with Crippen LogP contribution in [0.25, 0.3) is 10.9 Å². The van der Waals surface area contributed by atoms with E-state index < -0.39 is 17.8 Å². The maximum atomic E-state index is 13.8. The fraction of sp³-hybridized carbons (Fsp3) is 0.414. The number of carbonyl (C=O) groups is 2. The number of hydrogen-bond acceptors (Lipinski definition) is 5. The number of carboxylic acids is 1. The molecule has 2 N–H and O–H groups in total. The molecule has 3 fully saturated rings. The average Bonchev–Trinajstić information content (AvgIpc) is 3.67. The topological polar surface area (TPSA) is 85.8 Å². The van der Waals surface area contributed by atoms with E-state index in [1.54, 1.807) is 24.3 Å². The number of nitrogens with one attached hydrogen (secondary N) is 1.